The lowest BCUT2D eigenvalue weighted by molar-refractivity contribution is 0.511. The van der Waals surface area contributed by atoms with E-state index in [9.17, 15) is 0 Å². The van der Waals surface area contributed by atoms with Crippen molar-refractivity contribution in [2.45, 2.75) is 32.7 Å². The van der Waals surface area contributed by atoms with Crippen LogP contribution in [0.1, 0.15) is 36.2 Å². The minimum absolute atomic E-state index is 0.388. The van der Waals surface area contributed by atoms with Crippen molar-refractivity contribution in [2.75, 3.05) is 6.54 Å². The average molecular weight is 254 g/mol. The summed E-state index contributed by atoms with van der Waals surface area (Å²) in [7, 11) is 0. The Labute approximate surface area is 115 Å². The number of nitrogens with zero attached hydrogens (tertiary/aromatic N) is 1. The Morgan fingerprint density at radius 1 is 1.11 bits per heavy atom. The number of hydrogen-bond donors (Lipinski definition) is 1. The molecule has 1 N–H and O–H groups in total. The molecule has 2 rings (SSSR count). The maximum Gasteiger partial charge on any atom is 0.0420 e. The highest BCUT2D eigenvalue weighted by atomic mass is 14.9. The van der Waals surface area contributed by atoms with Crippen LogP contribution in [0.5, 0.6) is 0 Å². The molecule has 0 spiro atoms. The molecule has 19 heavy (non-hydrogen) atoms. The summed E-state index contributed by atoms with van der Waals surface area (Å²) in [6.45, 7) is 5.22. The van der Waals surface area contributed by atoms with Crippen LogP contribution in [0.15, 0.2) is 48.7 Å². The molecule has 100 valence electrons. The van der Waals surface area contributed by atoms with Crippen molar-refractivity contribution >= 4 is 0 Å². The summed E-state index contributed by atoms with van der Waals surface area (Å²) in [6.07, 6.45) is 4.05. The number of aromatic nitrogens is 1. The Hall–Kier alpha value is -1.67. The van der Waals surface area contributed by atoms with E-state index >= 15 is 0 Å². The van der Waals surface area contributed by atoms with E-state index in [0.29, 0.717) is 6.04 Å². The van der Waals surface area contributed by atoms with Crippen LogP contribution >= 0.6 is 0 Å². The molecule has 0 fully saturated rings. The predicted molar refractivity (Wildman–Crippen MR) is 80.2 cm³/mol. The van der Waals surface area contributed by atoms with E-state index in [1.165, 1.54) is 11.1 Å². The molecule has 0 aliphatic carbocycles. The fourth-order valence-electron chi connectivity index (χ4n) is 2.43. The lowest BCUT2D eigenvalue weighted by atomic mass is 9.98. The van der Waals surface area contributed by atoms with E-state index in [-0.39, 0.29) is 0 Å². The third kappa shape index (κ3) is 3.90. The van der Waals surface area contributed by atoms with Gasteiger partial charge in [0.05, 0.1) is 0 Å². The van der Waals surface area contributed by atoms with E-state index < -0.39 is 0 Å². The van der Waals surface area contributed by atoms with Gasteiger partial charge in [-0.2, -0.15) is 0 Å². The number of aryl methyl sites for hydroxylation is 2. The Bertz CT molecular complexity index is 494. The molecule has 0 aliphatic rings. The molecule has 2 heteroatoms. The summed E-state index contributed by atoms with van der Waals surface area (Å²) in [5.41, 5.74) is 3.84. The van der Waals surface area contributed by atoms with Crippen LogP contribution in [0.4, 0.5) is 0 Å². The first-order chi connectivity index (χ1) is 9.31. The zero-order valence-electron chi connectivity index (χ0n) is 11.8. The summed E-state index contributed by atoms with van der Waals surface area (Å²) in [6, 6.07) is 15.3. The quantitative estimate of drug-likeness (QED) is 0.850. The molecule has 2 nitrogen and oxygen atoms in total. The fraction of sp³-hybridized carbons (Fsp3) is 0.353. The lowest BCUT2D eigenvalue weighted by Gasteiger charge is -2.19. The van der Waals surface area contributed by atoms with Gasteiger partial charge < -0.3 is 5.32 Å². The molecule has 0 amide bonds. The molecule has 1 heterocycles. The van der Waals surface area contributed by atoms with Gasteiger partial charge in [0.2, 0.25) is 0 Å². The summed E-state index contributed by atoms with van der Waals surface area (Å²) in [4.78, 5) is 4.40. The van der Waals surface area contributed by atoms with Crippen LogP contribution in [-0.2, 0) is 6.42 Å². The van der Waals surface area contributed by atoms with E-state index in [1.807, 2.05) is 12.3 Å². The van der Waals surface area contributed by atoms with Crippen LogP contribution in [0.2, 0.25) is 0 Å². The minimum atomic E-state index is 0.388. The molecule has 1 atom stereocenters. The molecule has 1 aromatic heterocycles. The number of hydrogen-bond acceptors (Lipinski definition) is 2. The molecule has 0 saturated heterocycles. The van der Waals surface area contributed by atoms with Gasteiger partial charge in [0.15, 0.2) is 0 Å². The van der Waals surface area contributed by atoms with Crippen LogP contribution in [0.25, 0.3) is 0 Å². The molecular formula is C17H22N2. The van der Waals surface area contributed by atoms with Gasteiger partial charge in [-0.05, 0) is 43.5 Å². The smallest absolute Gasteiger partial charge is 0.0420 e. The normalized spacial score (nSPS) is 12.3. The third-order valence-corrected chi connectivity index (χ3v) is 3.44. The summed E-state index contributed by atoms with van der Waals surface area (Å²) < 4.78 is 0. The molecule has 0 radical (unpaired) electrons. The number of benzene rings is 1. The van der Waals surface area contributed by atoms with E-state index in [4.69, 9.17) is 0 Å². The summed E-state index contributed by atoms with van der Waals surface area (Å²) >= 11 is 0. The molecule has 0 bridgehead atoms. The van der Waals surface area contributed by atoms with Crippen molar-refractivity contribution in [2.24, 2.45) is 0 Å². The number of pyridine rings is 1. The molecule has 2 aromatic rings. The zero-order valence-corrected chi connectivity index (χ0v) is 11.8. The predicted octanol–water partition coefficient (Wildman–Crippen LogP) is 3.67. The maximum absolute atomic E-state index is 4.40. The van der Waals surface area contributed by atoms with Gasteiger partial charge in [-0.3, -0.25) is 4.98 Å². The van der Waals surface area contributed by atoms with E-state index in [1.54, 1.807) is 0 Å². The first-order valence-corrected chi connectivity index (χ1v) is 7.00. The van der Waals surface area contributed by atoms with Gasteiger partial charge in [-0.1, -0.05) is 43.3 Å². The Morgan fingerprint density at radius 2 is 1.89 bits per heavy atom. The van der Waals surface area contributed by atoms with Gasteiger partial charge in [0, 0.05) is 17.9 Å². The average Bonchev–Trinajstić information content (AvgIpc) is 2.45. The number of rotatable bonds is 6. The molecule has 0 saturated carbocycles. The first-order valence-electron chi connectivity index (χ1n) is 7.00. The zero-order chi connectivity index (χ0) is 13.5. The Morgan fingerprint density at radius 3 is 2.58 bits per heavy atom. The standard InChI is InChI=1S/C17H22N2/c1-3-18-17(16-10-7-13-19-14(16)2)12-11-15-8-5-4-6-9-15/h4-10,13,17-18H,3,11-12H2,1-2H3. The largest absolute Gasteiger partial charge is 0.310 e. The highest BCUT2D eigenvalue weighted by Gasteiger charge is 2.12. The Balaban J connectivity index is 2.07. The SMILES string of the molecule is CCNC(CCc1ccccc1)c1cccnc1C. The highest BCUT2D eigenvalue weighted by molar-refractivity contribution is 5.23. The van der Waals surface area contributed by atoms with Crippen molar-refractivity contribution in [3.05, 3.63) is 65.5 Å². The first kappa shape index (κ1) is 13.8. The second kappa shape index (κ2) is 7.05. The van der Waals surface area contributed by atoms with Gasteiger partial charge in [0.25, 0.3) is 0 Å². The Kier molecular flexibility index (Phi) is 5.10. The second-order valence-corrected chi connectivity index (χ2v) is 4.81. The van der Waals surface area contributed by atoms with Gasteiger partial charge >= 0.3 is 0 Å². The number of nitrogens with one attached hydrogen (secondary N) is 1. The van der Waals surface area contributed by atoms with Crippen LogP contribution in [0, 0.1) is 6.92 Å². The van der Waals surface area contributed by atoms with Crippen molar-refractivity contribution in [3.63, 3.8) is 0 Å². The second-order valence-electron chi connectivity index (χ2n) is 4.81. The fourth-order valence-corrected chi connectivity index (χ4v) is 2.43. The van der Waals surface area contributed by atoms with Crippen molar-refractivity contribution < 1.29 is 0 Å². The van der Waals surface area contributed by atoms with Crippen LogP contribution in [-0.4, -0.2) is 11.5 Å². The van der Waals surface area contributed by atoms with Crippen LogP contribution < -0.4 is 5.32 Å². The molecular weight excluding hydrogens is 232 g/mol. The van der Waals surface area contributed by atoms with E-state index in [2.05, 4.69) is 60.5 Å². The van der Waals surface area contributed by atoms with E-state index in [0.717, 1.165) is 25.1 Å². The molecule has 0 aliphatic heterocycles. The van der Waals surface area contributed by atoms with Gasteiger partial charge in [0.1, 0.15) is 0 Å². The van der Waals surface area contributed by atoms with Crippen molar-refractivity contribution in [1.82, 2.24) is 10.3 Å². The monoisotopic (exact) mass is 254 g/mol. The molecule has 1 aromatic carbocycles. The summed E-state index contributed by atoms with van der Waals surface area (Å²) in [5.74, 6) is 0. The summed E-state index contributed by atoms with van der Waals surface area (Å²) in [5, 5.41) is 3.57. The van der Waals surface area contributed by atoms with Gasteiger partial charge in [-0.15, -0.1) is 0 Å². The topological polar surface area (TPSA) is 24.9 Å². The van der Waals surface area contributed by atoms with Crippen LogP contribution in [0.3, 0.4) is 0 Å². The minimum Gasteiger partial charge on any atom is -0.310 e. The third-order valence-electron chi connectivity index (χ3n) is 3.44. The van der Waals surface area contributed by atoms with Crippen molar-refractivity contribution in [1.29, 1.82) is 0 Å². The highest BCUT2D eigenvalue weighted by Crippen LogP contribution is 2.21. The maximum atomic E-state index is 4.40. The lowest BCUT2D eigenvalue weighted by Crippen LogP contribution is -2.22. The van der Waals surface area contributed by atoms with Crippen molar-refractivity contribution in [3.8, 4) is 0 Å². The molecule has 1 unspecified atom stereocenters. The van der Waals surface area contributed by atoms with Gasteiger partial charge in [-0.25, -0.2) is 0 Å².